The van der Waals surface area contributed by atoms with Crippen LogP contribution in [-0.2, 0) is 11.3 Å². The van der Waals surface area contributed by atoms with Gasteiger partial charge in [-0.2, -0.15) is 0 Å². The van der Waals surface area contributed by atoms with E-state index in [1.165, 1.54) is 11.8 Å². The van der Waals surface area contributed by atoms with E-state index in [0.29, 0.717) is 36.2 Å². The number of amides is 2. The monoisotopic (exact) mass is 603 g/mol. The molecule has 1 aliphatic heterocycles. The van der Waals surface area contributed by atoms with Gasteiger partial charge in [0.15, 0.2) is 22.3 Å². The number of nitrogens with two attached hydrogens (primary N) is 2. The molecule has 2 amide bonds. The summed E-state index contributed by atoms with van der Waals surface area (Å²) in [7, 11) is 0. The number of hydrogen-bond acceptors (Lipinski definition) is 8. The lowest BCUT2D eigenvalue weighted by Crippen LogP contribution is -2.41. The minimum absolute atomic E-state index is 0.0195. The maximum atomic E-state index is 12.6. The van der Waals surface area contributed by atoms with Crippen molar-refractivity contribution in [3.8, 4) is 11.5 Å². The third-order valence-electron chi connectivity index (χ3n) is 4.87. The van der Waals surface area contributed by atoms with E-state index in [1.54, 1.807) is 9.47 Å². The Balaban J connectivity index is 1.80. The van der Waals surface area contributed by atoms with Gasteiger partial charge >= 0.3 is 6.09 Å². The number of imidazole rings is 1. The number of primary amides is 1. The molecule has 0 atom stereocenters. The summed E-state index contributed by atoms with van der Waals surface area (Å²) in [6, 6.07) is 3.72. The molecule has 1 aliphatic rings. The fraction of sp³-hybridized carbons (Fsp3) is 0.500. The Morgan fingerprint density at radius 2 is 1.94 bits per heavy atom. The van der Waals surface area contributed by atoms with Crippen LogP contribution in [0.5, 0.6) is 11.5 Å². The molecule has 2 aromatic rings. The van der Waals surface area contributed by atoms with Crippen molar-refractivity contribution in [3.05, 3.63) is 21.4 Å². The summed E-state index contributed by atoms with van der Waals surface area (Å²) < 4.78 is 19.1. The van der Waals surface area contributed by atoms with Gasteiger partial charge in [-0.05, 0) is 75.8 Å². The van der Waals surface area contributed by atoms with Gasteiger partial charge in [-0.3, -0.25) is 4.79 Å². The molecular weight excluding hydrogens is 573 g/mol. The molecule has 0 fully saturated rings. The van der Waals surface area contributed by atoms with Crippen molar-refractivity contribution < 1.29 is 23.8 Å². The highest BCUT2D eigenvalue weighted by Gasteiger charge is 2.25. The molecule has 186 valence electrons. The first-order chi connectivity index (χ1) is 15.9. The summed E-state index contributed by atoms with van der Waals surface area (Å²) in [5.41, 5.74) is 11.2. The van der Waals surface area contributed by atoms with Gasteiger partial charge in [0.2, 0.25) is 6.79 Å². The number of carbonyl (C=O) groups is 2. The molecule has 1 aromatic carbocycles. The van der Waals surface area contributed by atoms with Crippen molar-refractivity contribution in [2.24, 2.45) is 5.73 Å². The standard InChI is InChI=1S/C22H30IN5O5S/c1-12(2)27(21(30)33-22(3,4)5)7-6-8-28-18(24)17(19(25)29)26-20(28)34-16-10-15-14(9-13(16)23)31-11-32-15/h9-10,12H,6-8,11,24H2,1-5H3,(H2,25,29). The van der Waals surface area contributed by atoms with E-state index in [1.807, 2.05) is 46.8 Å². The Hall–Kier alpha value is -2.35. The van der Waals surface area contributed by atoms with Crippen LogP contribution < -0.4 is 20.9 Å². The van der Waals surface area contributed by atoms with Crippen LogP contribution in [0, 0.1) is 3.57 Å². The smallest absolute Gasteiger partial charge is 0.410 e. The fourth-order valence-corrected chi connectivity index (χ4v) is 5.00. The molecule has 4 N–H and O–H groups in total. The molecule has 0 saturated heterocycles. The van der Waals surface area contributed by atoms with E-state index in [4.69, 9.17) is 25.7 Å². The van der Waals surface area contributed by atoms with Crippen LogP contribution in [0.3, 0.4) is 0 Å². The summed E-state index contributed by atoms with van der Waals surface area (Å²) in [5.74, 6) is 0.828. The third kappa shape index (κ3) is 6.20. The summed E-state index contributed by atoms with van der Waals surface area (Å²) in [4.78, 5) is 31.5. The van der Waals surface area contributed by atoms with Crippen LogP contribution in [0.4, 0.5) is 10.6 Å². The molecule has 0 unspecified atom stereocenters. The molecule has 10 nitrogen and oxygen atoms in total. The van der Waals surface area contributed by atoms with E-state index in [-0.39, 0.29) is 30.4 Å². The first-order valence-corrected chi connectivity index (χ1v) is 12.7. The Morgan fingerprint density at radius 3 is 2.53 bits per heavy atom. The molecule has 2 heterocycles. The predicted octanol–water partition coefficient (Wildman–Crippen LogP) is 4.08. The number of rotatable bonds is 8. The van der Waals surface area contributed by atoms with Gasteiger partial charge in [-0.25, -0.2) is 9.78 Å². The van der Waals surface area contributed by atoms with Crippen LogP contribution in [-0.4, -0.2) is 51.4 Å². The molecule has 3 rings (SSSR count). The van der Waals surface area contributed by atoms with Crippen LogP contribution in [0.2, 0.25) is 0 Å². The summed E-state index contributed by atoms with van der Waals surface area (Å²) >= 11 is 3.56. The van der Waals surface area contributed by atoms with E-state index in [0.717, 1.165) is 8.47 Å². The normalized spacial score (nSPS) is 12.8. The molecular formula is C22H30IN5O5S. The summed E-state index contributed by atoms with van der Waals surface area (Å²) in [5, 5.41) is 0.524. The predicted molar refractivity (Wildman–Crippen MR) is 137 cm³/mol. The second kappa shape index (κ2) is 10.5. The maximum absolute atomic E-state index is 12.6. The largest absolute Gasteiger partial charge is 0.454 e. The number of nitrogen functional groups attached to an aromatic ring is 1. The molecule has 0 aliphatic carbocycles. The molecule has 12 heteroatoms. The minimum atomic E-state index is -0.698. The van der Waals surface area contributed by atoms with Crippen LogP contribution in [0.1, 0.15) is 51.5 Å². The summed E-state index contributed by atoms with van der Waals surface area (Å²) in [6.45, 7) is 10.4. The highest BCUT2D eigenvalue weighted by molar-refractivity contribution is 14.1. The lowest BCUT2D eigenvalue weighted by molar-refractivity contribution is 0.0186. The SMILES string of the molecule is CC(C)N(CCCn1c(Sc2cc3c(cc2I)OCO3)nc(C(N)=O)c1N)C(=O)OC(C)(C)C. The van der Waals surface area contributed by atoms with Gasteiger partial charge < -0.3 is 35.1 Å². The molecule has 0 spiro atoms. The van der Waals surface area contributed by atoms with E-state index in [9.17, 15) is 9.59 Å². The number of aromatic nitrogens is 2. The van der Waals surface area contributed by atoms with Crippen molar-refractivity contribution in [1.82, 2.24) is 14.5 Å². The summed E-state index contributed by atoms with van der Waals surface area (Å²) in [6.07, 6.45) is 0.200. The topological polar surface area (TPSA) is 135 Å². The molecule has 0 bridgehead atoms. The van der Waals surface area contributed by atoms with Gasteiger partial charge in [-0.1, -0.05) is 11.8 Å². The van der Waals surface area contributed by atoms with Crippen LogP contribution in [0.15, 0.2) is 22.2 Å². The third-order valence-corrected chi connectivity index (χ3v) is 7.18. The van der Waals surface area contributed by atoms with E-state index < -0.39 is 11.5 Å². The zero-order valence-electron chi connectivity index (χ0n) is 19.9. The van der Waals surface area contributed by atoms with E-state index >= 15 is 0 Å². The van der Waals surface area contributed by atoms with Gasteiger partial charge in [0, 0.05) is 27.6 Å². The number of anilines is 1. The molecule has 34 heavy (non-hydrogen) atoms. The second-order valence-electron chi connectivity index (χ2n) is 9.00. The van der Waals surface area contributed by atoms with Crippen LogP contribution in [0.25, 0.3) is 0 Å². The number of nitrogens with zero attached hydrogens (tertiary/aromatic N) is 3. The maximum Gasteiger partial charge on any atom is 0.410 e. The Kier molecular flexibility index (Phi) is 8.11. The zero-order chi connectivity index (χ0) is 25.2. The number of fused-ring (bicyclic) bond motifs is 1. The molecule has 0 radical (unpaired) electrons. The molecule has 1 aromatic heterocycles. The van der Waals surface area contributed by atoms with Gasteiger partial charge in [0.25, 0.3) is 5.91 Å². The van der Waals surface area contributed by atoms with Crippen molar-refractivity contribution in [3.63, 3.8) is 0 Å². The number of ether oxygens (including phenoxy) is 3. The van der Waals surface area contributed by atoms with Gasteiger partial charge in [-0.15, -0.1) is 0 Å². The van der Waals surface area contributed by atoms with Crippen molar-refractivity contribution in [2.75, 3.05) is 19.1 Å². The number of hydrogen-bond donors (Lipinski definition) is 2. The van der Waals surface area contributed by atoms with Crippen LogP contribution >= 0.6 is 34.4 Å². The van der Waals surface area contributed by atoms with Crippen molar-refractivity contribution in [2.45, 2.75) is 69.3 Å². The fourth-order valence-electron chi connectivity index (χ4n) is 3.27. The van der Waals surface area contributed by atoms with Gasteiger partial charge in [0.1, 0.15) is 11.4 Å². The Bertz CT molecular complexity index is 1080. The minimum Gasteiger partial charge on any atom is -0.454 e. The number of benzene rings is 1. The first-order valence-electron chi connectivity index (χ1n) is 10.8. The van der Waals surface area contributed by atoms with Crippen molar-refractivity contribution >= 4 is 52.2 Å². The first kappa shape index (κ1) is 26.3. The Morgan fingerprint density at radius 1 is 1.29 bits per heavy atom. The highest BCUT2D eigenvalue weighted by atomic mass is 127. The quantitative estimate of drug-likeness (QED) is 0.431. The molecule has 0 saturated carbocycles. The average molecular weight is 603 g/mol. The lowest BCUT2D eigenvalue weighted by Gasteiger charge is -2.30. The lowest BCUT2D eigenvalue weighted by atomic mass is 10.2. The highest BCUT2D eigenvalue weighted by Crippen LogP contribution is 2.41. The average Bonchev–Trinajstić information content (AvgIpc) is 3.28. The number of carbonyl (C=O) groups excluding carboxylic acids is 2. The number of halogens is 1. The van der Waals surface area contributed by atoms with Crippen molar-refractivity contribution in [1.29, 1.82) is 0 Å². The Labute approximate surface area is 216 Å². The van der Waals surface area contributed by atoms with Gasteiger partial charge in [0.05, 0.1) is 0 Å². The second-order valence-corrected chi connectivity index (χ2v) is 11.2. The zero-order valence-corrected chi connectivity index (χ0v) is 22.9. The van der Waals surface area contributed by atoms with E-state index in [2.05, 4.69) is 27.6 Å².